The molecule has 1 aliphatic rings. The van der Waals surface area contributed by atoms with Gasteiger partial charge in [-0.2, -0.15) is 0 Å². The normalized spacial score (nSPS) is 22.6. The van der Waals surface area contributed by atoms with E-state index in [0.29, 0.717) is 0 Å². The Morgan fingerprint density at radius 1 is 1.70 bits per heavy atom. The van der Waals surface area contributed by atoms with E-state index in [1.54, 1.807) is 6.20 Å². The minimum atomic E-state index is -0.906. The largest absolute Gasteiger partial charge is 0.244 e. The maximum Gasteiger partial charge on any atom is 0.116 e. The Labute approximate surface area is 64.1 Å². The molecular weight excluding hydrogens is 168 g/mol. The molecule has 1 aromatic rings. The first kappa shape index (κ1) is 6.30. The predicted molar refractivity (Wildman–Crippen MR) is 39.7 cm³/mol. The first-order valence-corrected chi connectivity index (χ1v) is 5.37. The second-order valence-electron chi connectivity index (χ2n) is 1.83. The molecule has 0 aromatic carbocycles. The van der Waals surface area contributed by atoms with Crippen LogP contribution in [0.5, 0.6) is 0 Å². The number of fused-ring (bicyclic) bond motifs is 1. The number of nitrogens with zero attached hydrogens (tertiary/aromatic N) is 2. The Morgan fingerprint density at radius 2 is 2.60 bits per heavy atom. The Kier molecular flexibility index (Phi) is 1.46. The quantitative estimate of drug-likeness (QED) is 0.541. The summed E-state index contributed by atoms with van der Waals surface area (Å²) in [7, 11) is 0.490. The van der Waals surface area contributed by atoms with Crippen LogP contribution in [0.25, 0.3) is 0 Å². The first-order valence-electron chi connectivity index (χ1n) is 2.72. The van der Waals surface area contributed by atoms with Crippen LogP contribution in [0.1, 0.15) is 5.69 Å². The van der Waals surface area contributed by atoms with Crippen molar-refractivity contribution in [1.29, 1.82) is 0 Å². The zero-order valence-electron chi connectivity index (χ0n) is 4.98. The van der Waals surface area contributed by atoms with Gasteiger partial charge in [0.1, 0.15) is 16.2 Å². The van der Waals surface area contributed by atoms with E-state index in [0.717, 1.165) is 16.3 Å². The van der Waals surface area contributed by atoms with Crippen LogP contribution in [-0.2, 0) is 15.6 Å². The molecule has 0 fully saturated rings. The number of aromatic nitrogens is 2. The second-order valence-corrected chi connectivity index (χ2v) is 4.88. The van der Waals surface area contributed by atoms with Gasteiger partial charge in [-0.25, -0.2) is 14.2 Å². The Morgan fingerprint density at radius 3 is 3.40 bits per heavy atom. The van der Waals surface area contributed by atoms with Gasteiger partial charge in [-0.15, -0.1) is 0 Å². The lowest BCUT2D eigenvalue weighted by molar-refractivity contribution is 0.691. The summed E-state index contributed by atoms with van der Waals surface area (Å²) in [5.74, 6) is 0.754. The van der Waals surface area contributed by atoms with Crippen LogP contribution in [0, 0.1) is 0 Å². The number of hydrogen-bond donors (Lipinski definition) is 0. The van der Waals surface area contributed by atoms with E-state index in [1.807, 2.05) is 0 Å². The molecule has 0 spiro atoms. The fourth-order valence-electron chi connectivity index (χ4n) is 0.763. The molecule has 0 aliphatic carbocycles. The summed E-state index contributed by atoms with van der Waals surface area (Å²) in [5.41, 5.74) is 0.915. The highest BCUT2D eigenvalue weighted by Crippen LogP contribution is 2.31. The van der Waals surface area contributed by atoms with Gasteiger partial charge in [0, 0.05) is 6.20 Å². The zero-order chi connectivity index (χ0) is 6.97. The maximum absolute atomic E-state index is 11.1. The highest BCUT2D eigenvalue weighted by molar-refractivity contribution is 8.69. The number of hydrogen-bond acceptors (Lipinski definition) is 4. The predicted octanol–water partition coefficient (Wildman–Crippen LogP) is 0.746. The van der Waals surface area contributed by atoms with Crippen LogP contribution < -0.4 is 0 Å². The van der Waals surface area contributed by atoms with Crippen molar-refractivity contribution in [3.63, 3.8) is 0 Å². The molecule has 2 heterocycles. The SMILES string of the molecule is O=S1SCc2ncncc21. The van der Waals surface area contributed by atoms with Crippen LogP contribution in [0.2, 0.25) is 0 Å². The van der Waals surface area contributed by atoms with Gasteiger partial charge in [0.2, 0.25) is 0 Å². The highest BCUT2D eigenvalue weighted by Gasteiger charge is 2.19. The summed E-state index contributed by atoms with van der Waals surface area (Å²) >= 11 is 0. The molecule has 1 aliphatic heterocycles. The van der Waals surface area contributed by atoms with Crippen molar-refractivity contribution >= 4 is 20.6 Å². The summed E-state index contributed by atoms with van der Waals surface area (Å²) in [6.07, 6.45) is 3.11. The summed E-state index contributed by atoms with van der Waals surface area (Å²) in [6, 6.07) is 0. The minimum Gasteiger partial charge on any atom is -0.244 e. The van der Waals surface area contributed by atoms with Gasteiger partial charge in [0.15, 0.2) is 0 Å². The standard InChI is InChI=1S/C5H4N2OS2/c8-10-5-1-6-3-7-4(5)2-9-10/h1,3H,2H2. The fraction of sp³-hybridized carbons (Fsp3) is 0.200. The molecule has 0 bridgehead atoms. The van der Waals surface area contributed by atoms with Gasteiger partial charge in [-0.3, -0.25) is 0 Å². The lowest BCUT2D eigenvalue weighted by atomic mass is 10.5. The van der Waals surface area contributed by atoms with Gasteiger partial charge >= 0.3 is 0 Å². The summed E-state index contributed by atoms with van der Waals surface area (Å²) in [6.45, 7) is 0. The van der Waals surface area contributed by atoms with E-state index in [-0.39, 0.29) is 0 Å². The van der Waals surface area contributed by atoms with Crippen molar-refractivity contribution in [3.8, 4) is 0 Å². The highest BCUT2D eigenvalue weighted by atomic mass is 33.1. The molecule has 3 nitrogen and oxygen atoms in total. The van der Waals surface area contributed by atoms with Crippen molar-refractivity contribution in [2.45, 2.75) is 10.6 Å². The topological polar surface area (TPSA) is 42.9 Å². The molecular formula is C5H4N2OS2. The van der Waals surface area contributed by atoms with Crippen LogP contribution >= 0.6 is 10.8 Å². The molecule has 5 heteroatoms. The maximum atomic E-state index is 11.1. The van der Waals surface area contributed by atoms with E-state index in [2.05, 4.69) is 9.97 Å². The van der Waals surface area contributed by atoms with E-state index in [9.17, 15) is 4.21 Å². The van der Waals surface area contributed by atoms with Gasteiger partial charge in [0.05, 0.1) is 16.3 Å². The molecule has 1 atom stereocenters. The van der Waals surface area contributed by atoms with Gasteiger partial charge < -0.3 is 0 Å². The van der Waals surface area contributed by atoms with Crippen LogP contribution in [0.4, 0.5) is 0 Å². The number of rotatable bonds is 0. The van der Waals surface area contributed by atoms with E-state index in [4.69, 9.17) is 0 Å². The van der Waals surface area contributed by atoms with Crippen LogP contribution in [-0.4, -0.2) is 14.2 Å². The molecule has 0 N–H and O–H groups in total. The summed E-state index contributed by atoms with van der Waals surface area (Å²) < 4.78 is 11.1. The third-order valence-corrected chi connectivity index (χ3v) is 4.08. The fourth-order valence-corrected chi connectivity index (χ4v) is 3.35. The van der Waals surface area contributed by atoms with Gasteiger partial charge in [0.25, 0.3) is 0 Å². The molecule has 1 unspecified atom stereocenters. The molecule has 0 saturated heterocycles. The molecule has 0 saturated carbocycles. The molecule has 0 amide bonds. The Bertz CT molecular complexity index is 289. The third-order valence-electron chi connectivity index (χ3n) is 1.24. The van der Waals surface area contributed by atoms with Crippen molar-refractivity contribution in [3.05, 3.63) is 18.2 Å². The third kappa shape index (κ3) is 0.856. The molecule has 2 rings (SSSR count). The minimum absolute atomic E-state index is 0.754. The lowest BCUT2D eigenvalue weighted by Gasteiger charge is -1.89. The molecule has 52 valence electrons. The second kappa shape index (κ2) is 2.32. The lowest BCUT2D eigenvalue weighted by Crippen LogP contribution is -1.87. The van der Waals surface area contributed by atoms with Crippen molar-refractivity contribution in [2.75, 3.05) is 0 Å². The average Bonchev–Trinajstić information content (AvgIpc) is 2.34. The van der Waals surface area contributed by atoms with Crippen LogP contribution in [0.3, 0.4) is 0 Å². The smallest absolute Gasteiger partial charge is 0.116 e. The van der Waals surface area contributed by atoms with Crippen molar-refractivity contribution in [2.24, 2.45) is 0 Å². The van der Waals surface area contributed by atoms with E-state index < -0.39 is 9.83 Å². The molecule has 0 radical (unpaired) electrons. The van der Waals surface area contributed by atoms with E-state index >= 15 is 0 Å². The van der Waals surface area contributed by atoms with E-state index in [1.165, 1.54) is 17.1 Å². The van der Waals surface area contributed by atoms with Crippen molar-refractivity contribution in [1.82, 2.24) is 9.97 Å². The summed E-state index contributed by atoms with van der Waals surface area (Å²) in [4.78, 5) is 8.56. The van der Waals surface area contributed by atoms with Gasteiger partial charge in [-0.1, -0.05) is 0 Å². The summed E-state index contributed by atoms with van der Waals surface area (Å²) in [5, 5.41) is 0. The zero-order valence-corrected chi connectivity index (χ0v) is 6.61. The Balaban J connectivity index is 2.61. The van der Waals surface area contributed by atoms with Gasteiger partial charge in [-0.05, 0) is 10.8 Å². The Hall–Kier alpha value is -0.420. The first-order chi connectivity index (χ1) is 4.88. The monoisotopic (exact) mass is 172 g/mol. The van der Waals surface area contributed by atoms with Crippen LogP contribution in [0.15, 0.2) is 17.4 Å². The average molecular weight is 172 g/mol. The molecule has 10 heavy (non-hydrogen) atoms. The van der Waals surface area contributed by atoms with Crippen molar-refractivity contribution < 1.29 is 4.21 Å². The molecule has 1 aromatic heterocycles.